The third kappa shape index (κ3) is 3.30. The molecule has 2 aromatic carbocycles. The minimum Gasteiger partial charge on any atom is -0.294 e. The van der Waals surface area contributed by atoms with Crippen LogP contribution in [0.3, 0.4) is 0 Å². The highest BCUT2D eigenvalue weighted by Gasteiger charge is 2.08. The molecule has 92 valence electrons. The molecule has 0 aliphatic rings. The van der Waals surface area contributed by atoms with Crippen molar-refractivity contribution in [3.05, 3.63) is 68.1 Å². The van der Waals surface area contributed by atoms with Crippen molar-refractivity contribution in [3.63, 3.8) is 0 Å². The fraction of sp³-hybridized carbons (Fsp3) is 0.133. The smallest absolute Gasteiger partial charge is 0.167 e. The first kappa shape index (κ1) is 13.5. The van der Waals surface area contributed by atoms with Gasteiger partial charge in [-0.3, -0.25) is 4.79 Å². The van der Waals surface area contributed by atoms with E-state index in [4.69, 9.17) is 0 Å². The number of rotatable bonds is 3. The summed E-state index contributed by atoms with van der Waals surface area (Å²) in [7, 11) is 0. The SMILES string of the molecule is Cc1cc(C(=O)Cc2cccc(Br)c2)ccc1Br. The van der Waals surface area contributed by atoms with E-state index in [9.17, 15) is 4.79 Å². The van der Waals surface area contributed by atoms with Crippen molar-refractivity contribution in [2.45, 2.75) is 13.3 Å². The van der Waals surface area contributed by atoms with Crippen molar-refractivity contribution in [3.8, 4) is 0 Å². The second-order valence-electron chi connectivity index (χ2n) is 4.19. The summed E-state index contributed by atoms with van der Waals surface area (Å²) >= 11 is 6.85. The zero-order valence-electron chi connectivity index (χ0n) is 9.91. The lowest BCUT2D eigenvalue weighted by molar-refractivity contribution is 0.0993. The summed E-state index contributed by atoms with van der Waals surface area (Å²) in [4.78, 5) is 12.2. The molecule has 0 amide bonds. The number of hydrogen-bond donors (Lipinski definition) is 0. The summed E-state index contributed by atoms with van der Waals surface area (Å²) in [6, 6.07) is 13.5. The van der Waals surface area contributed by atoms with Gasteiger partial charge in [0.25, 0.3) is 0 Å². The molecule has 0 spiro atoms. The summed E-state index contributed by atoms with van der Waals surface area (Å²) in [6.45, 7) is 1.99. The first-order chi connectivity index (χ1) is 8.56. The van der Waals surface area contributed by atoms with Gasteiger partial charge in [0, 0.05) is 20.9 Å². The number of benzene rings is 2. The molecular formula is C15H12Br2O. The van der Waals surface area contributed by atoms with E-state index < -0.39 is 0 Å². The van der Waals surface area contributed by atoms with Crippen LogP contribution < -0.4 is 0 Å². The van der Waals surface area contributed by atoms with Crippen LogP contribution in [0.1, 0.15) is 21.5 Å². The van der Waals surface area contributed by atoms with E-state index in [-0.39, 0.29) is 5.78 Å². The highest BCUT2D eigenvalue weighted by molar-refractivity contribution is 9.10. The zero-order chi connectivity index (χ0) is 13.1. The molecule has 0 bridgehead atoms. The molecule has 0 atom stereocenters. The zero-order valence-corrected chi connectivity index (χ0v) is 13.1. The summed E-state index contributed by atoms with van der Waals surface area (Å²) in [5.74, 6) is 0.142. The van der Waals surface area contributed by atoms with Gasteiger partial charge in [0.05, 0.1) is 0 Å². The van der Waals surface area contributed by atoms with Crippen LogP contribution in [-0.2, 0) is 6.42 Å². The standard InChI is InChI=1S/C15H12Br2O/c1-10-7-12(5-6-14(10)17)15(18)9-11-3-2-4-13(16)8-11/h2-8H,9H2,1H3. The number of aryl methyl sites for hydroxylation is 1. The Kier molecular flexibility index (Phi) is 4.36. The van der Waals surface area contributed by atoms with Gasteiger partial charge >= 0.3 is 0 Å². The van der Waals surface area contributed by atoms with E-state index in [1.54, 1.807) is 0 Å². The highest BCUT2D eigenvalue weighted by Crippen LogP contribution is 2.19. The lowest BCUT2D eigenvalue weighted by atomic mass is 10.0. The molecule has 0 aliphatic carbocycles. The first-order valence-corrected chi connectivity index (χ1v) is 7.18. The summed E-state index contributed by atoms with van der Waals surface area (Å²) in [5, 5.41) is 0. The Labute approximate surface area is 123 Å². The van der Waals surface area contributed by atoms with Crippen LogP contribution in [0.2, 0.25) is 0 Å². The molecular weight excluding hydrogens is 356 g/mol. The molecule has 0 radical (unpaired) electrons. The lowest BCUT2D eigenvalue weighted by Gasteiger charge is -2.04. The highest BCUT2D eigenvalue weighted by atomic mass is 79.9. The Balaban J connectivity index is 2.19. The van der Waals surface area contributed by atoms with E-state index >= 15 is 0 Å². The second-order valence-corrected chi connectivity index (χ2v) is 5.96. The molecule has 0 saturated heterocycles. The van der Waals surface area contributed by atoms with Crippen molar-refractivity contribution >= 4 is 37.6 Å². The van der Waals surface area contributed by atoms with Gasteiger partial charge in [-0.2, -0.15) is 0 Å². The van der Waals surface area contributed by atoms with Gasteiger partial charge in [-0.15, -0.1) is 0 Å². The number of hydrogen-bond acceptors (Lipinski definition) is 1. The second kappa shape index (κ2) is 5.81. The number of ketones is 1. The molecule has 0 heterocycles. The van der Waals surface area contributed by atoms with Gasteiger partial charge in [-0.1, -0.05) is 50.1 Å². The Morgan fingerprint density at radius 1 is 1.11 bits per heavy atom. The number of carbonyl (C=O) groups excluding carboxylic acids is 1. The molecule has 0 aliphatic heterocycles. The van der Waals surface area contributed by atoms with Crippen LogP contribution in [0.5, 0.6) is 0 Å². The molecule has 18 heavy (non-hydrogen) atoms. The van der Waals surface area contributed by atoms with Crippen LogP contribution in [0, 0.1) is 6.92 Å². The van der Waals surface area contributed by atoms with Crippen molar-refractivity contribution in [2.75, 3.05) is 0 Å². The first-order valence-electron chi connectivity index (χ1n) is 5.60. The average molecular weight is 368 g/mol. The van der Waals surface area contributed by atoms with Gasteiger partial charge in [-0.25, -0.2) is 0 Å². The summed E-state index contributed by atoms with van der Waals surface area (Å²) in [5.41, 5.74) is 2.86. The number of carbonyl (C=O) groups is 1. The molecule has 0 saturated carbocycles. The molecule has 3 heteroatoms. The summed E-state index contributed by atoms with van der Waals surface area (Å²) in [6.07, 6.45) is 0.431. The van der Waals surface area contributed by atoms with Crippen LogP contribution in [0.25, 0.3) is 0 Å². The van der Waals surface area contributed by atoms with Crippen molar-refractivity contribution < 1.29 is 4.79 Å². The maximum absolute atomic E-state index is 12.2. The van der Waals surface area contributed by atoms with Gasteiger partial charge < -0.3 is 0 Å². The Bertz CT molecular complexity index is 591. The molecule has 0 fully saturated rings. The van der Waals surface area contributed by atoms with Crippen molar-refractivity contribution in [1.82, 2.24) is 0 Å². The topological polar surface area (TPSA) is 17.1 Å². The predicted molar refractivity (Wildman–Crippen MR) is 81.1 cm³/mol. The number of halogens is 2. The number of Topliss-reactive ketones (excluding diaryl/α,β-unsaturated/α-hetero) is 1. The molecule has 0 N–H and O–H groups in total. The fourth-order valence-corrected chi connectivity index (χ4v) is 2.45. The molecule has 2 aromatic rings. The fourth-order valence-electron chi connectivity index (χ4n) is 1.75. The van der Waals surface area contributed by atoms with Gasteiger partial charge in [0.2, 0.25) is 0 Å². The quantitative estimate of drug-likeness (QED) is 0.701. The minimum absolute atomic E-state index is 0.142. The molecule has 0 aromatic heterocycles. The van der Waals surface area contributed by atoms with E-state index in [0.717, 1.165) is 25.6 Å². The third-order valence-corrected chi connectivity index (χ3v) is 4.12. The molecule has 1 nitrogen and oxygen atoms in total. The minimum atomic E-state index is 0.142. The monoisotopic (exact) mass is 366 g/mol. The molecule has 2 rings (SSSR count). The summed E-state index contributed by atoms with van der Waals surface area (Å²) < 4.78 is 2.03. The van der Waals surface area contributed by atoms with Crippen LogP contribution in [0.15, 0.2) is 51.4 Å². The largest absolute Gasteiger partial charge is 0.294 e. The van der Waals surface area contributed by atoms with Gasteiger partial charge in [0.15, 0.2) is 5.78 Å². The van der Waals surface area contributed by atoms with Gasteiger partial charge in [0.1, 0.15) is 0 Å². The Morgan fingerprint density at radius 3 is 2.56 bits per heavy atom. The van der Waals surface area contributed by atoms with Crippen LogP contribution in [-0.4, -0.2) is 5.78 Å². The third-order valence-electron chi connectivity index (χ3n) is 2.73. The van der Waals surface area contributed by atoms with E-state index in [2.05, 4.69) is 31.9 Å². The predicted octanol–water partition coefficient (Wildman–Crippen LogP) is 4.95. The normalized spacial score (nSPS) is 10.4. The maximum atomic E-state index is 12.2. The van der Waals surface area contributed by atoms with Crippen molar-refractivity contribution in [2.24, 2.45) is 0 Å². The van der Waals surface area contributed by atoms with E-state index in [0.29, 0.717) is 6.42 Å². The van der Waals surface area contributed by atoms with Gasteiger partial charge in [-0.05, 0) is 42.3 Å². The van der Waals surface area contributed by atoms with E-state index in [1.807, 2.05) is 49.4 Å². The van der Waals surface area contributed by atoms with Crippen molar-refractivity contribution in [1.29, 1.82) is 0 Å². The average Bonchev–Trinajstić information content (AvgIpc) is 2.32. The lowest BCUT2D eigenvalue weighted by Crippen LogP contribution is -2.03. The maximum Gasteiger partial charge on any atom is 0.167 e. The van der Waals surface area contributed by atoms with E-state index in [1.165, 1.54) is 0 Å². The Morgan fingerprint density at radius 2 is 1.89 bits per heavy atom. The van der Waals surface area contributed by atoms with Crippen LogP contribution in [0.4, 0.5) is 0 Å². The van der Waals surface area contributed by atoms with Crippen LogP contribution >= 0.6 is 31.9 Å². The molecule has 0 unspecified atom stereocenters. The Hall–Kier alpha value is -0.930.